The molecule has 2 aromatic carbocycles. The normalized spacial score (nSPS) is 12.0. The molecular weight excluding hydrogens is 448 g/mol. The summed E-state index contributed by atoms with van der Waals surface area (Å²) in [7, 11) is -3.57. The number of rotatable bonds is 6. The molecular formula is C23H22N2O5S2. The van der Waals surface area contributed by atoms with Crippen molar-refractivity contribution in [2.45, 2.75) is 25.7 Å². The van der Waals surface area contributed by atoms with Crippen LogP contribution in [-0.2, 0) is 10.0 Å². The number of carbonyl (C=O) groups excluding carboxylic acids is 1. The van der Waals surface area contributed by atoms with Gasteiger partial charge in [-0.25, -0.2) is 13.2 Å². The number of aryl methyl sites for hydroxylation is 1. The van der Waals surface area contributed by atoms with Crippen LogP contribution in [0.4, 0.5) is 5.69 Å². The second-order valence-electron chi connectivity index (χ2n) is 7.31. The van der Waals surface area contributed by atoms with Gasteiger partial charge >= 0.3 is 5.63 Å². The monoisotopic (exact) mass is 470 g/mol. The van der Waals surface area contributed by atoms with Crippen LogP contribution in [0.15, 0.2) is 62.6 Å². The van der Waals surface area contributed by atoms with Gasteiger partial charge in [0.25, 0.3) is 5.91 Å². The molecule has 0 spiro atoms. The van der Waals surface area contributed by atoms with E-state index >= 15 is 0 Å². The Morgan fingerprint density at radius 1 is 1.03 bits per heavy atom. The number of nitrogens with zero attached hydrogens (tertiary/aromatic N) is 1. The fourth-order valence-corrected chi connectivity index (χ4v) is 6.06. The van der Waals surface area contributed by atoms with Gasteiger partial charge in [-0.15, -0.1) is 11.3 Å². The molecule has 0 atom stereocenters. The minimum atomic E-state index is -3.57. The van der Waals surface area contributed by atoms with Crippen LogP contribution in [0.1, 0.15) is 29.1 Å². The summed E-state index contributed by atoms with van der Waals surface area (Å²) in [6.45, 7) is 6.27. The summed E-state index contributed by atoms with van der Waals surface area (Å²) in [6.07, 6.45) is 0. The molecule has 2 aromatic heterocycles. The van der Waals surface area contributed by atoms with Crippen LogP contribution in [0.25, 0.3) is 21.1 Å². The molecule has 4 rings (SSSR count). The van der Waals surface area contributed by atoms with E-state index in [1.165, 1.54) is 33.8 Å². The van der Waals surface area contributed by atoms with Crippen molar-refractivity contribution in [1.82, 2.24) is 4.31 Å². The first kappa shape index (κ1) is 22.2. The summed E-state index contributed by atoms with van der Waals surface area (Å²) in [6, 6.07) is 13.1. The number of fused-ring (bicyclic) bond motifs is 3. The van der Waals surface area contributed by atoms with Crippen molar-refractivity contribution in [1.29, 1.82) is 0 Å². The number of hydrogen-bond acceptors (Lipinski definition) is 6. The van der Waals surface area contributed by atoms with Gasteiger partial charge in [0.15, 0.2) is 0 Å². The molecule has 0 unspecified atom stereocenters. The third-order valence-corrected chi connectivity index (χ3v) is 8.44. The fourth-order valence-electron chi connectivity index (χ4n) is 3.54. The number of amides is 1. The average molecular weight is 471 g/mol. The van der Waals surface area contributed by atoms with Crippen LogP contribution in [-0.4, -0.2) is 31.7 Å². The lowest BCUT2D eigenvalue weighted by Gasteiger charge is -2.18. The van der Waals surface area contributed by atoms with E-state index in [1.54, 1.807) is 32.0 Å². The largest absolute Gasteiger partial charge is 0.422 e. The maximum absolute atomic E-state index is 12.8. The van der Waals surface area contributed by atoms with Crippen molar-refractivity contribution in [3.05, 3.63) is 69.4 Å². The second-order valence-corrected chi connectivity index (χ2v) is 10.3. The van der Waals surface area contributed by atoms with Crippen molar-refractivity contribution >= 4 is 54.0 Å². The predicted molar refractivity (Wildman–Crippen MR) is 127 cm³/mol. The lowest BCUT2D eigenvalue weighted by atomic mass is 10.1. The number of hydrogen-bond donors (Lipinski definition) is 1. The zero-order valence-corrected chi connectivity index (χ0v) is 19.5. The molecule has 0 aliphatic heterocycles. The van der Waals surface area contributed by atoms with Crippen molar-refractivity contribution < 1.29 is 17.6 Å². The summed E-state index contributed by atoms with van der Waals surface area (Å²) in [5, 5.41) is 3.91. The lowest BCUT2D eigenvalue weighted by molar-refractivity contribution is 0.103. The molecule has 0 bridgehead atoms. The highest BCUT2D eigenvalue weighted by molar-refractivity contribution is 7.89. The van der Waals surface area contributed by atoms with Gasteiger partial charge in [0.1, 0.15) is 5.58 Å². The van der Waals surface area contributed by atoms with Crippen LogP contribution in [0.3, 0.4) is 0 Å². The summed E-state index contributed by atoms with van der Waals surface area (Å²) in [4.78, 5) is 25.7. The number of thiophene rings is 1. The van der Waals surface area contributed by atoms with Crippen LogP contribution < -0.4 is 10.9 Å². The van der Waals surface area contributed by atoms with E-state index in [9.17, 15) is 18.0 Å². The summed E-state index contributed by atoms with van der Waals surface area (Å²) in [5.74, 6) is -0.384. The van der Waals surface area contributed by atoms with Gasteiger partial charge in [0.2, 0.25) is 10.0 Å². The topological polar surface area (TPSA) is 96.7 Å². The van der Waals surface area contributed by atoms with E-state index in [0.29, 0.717) is 39.3 Å². The third-order valence-electron chi connectivity index (χ3n) is 5.21. The summed E-state index contributed by atoms with van der Waals surface area (Å²) in [5.41, 5.74) is 1.47. The quantitative estimate of drug-likeness (QED) is 0.416. The Hall–Kier alpha value is -3.01. The minimum absolute atomic E-state index is 0.167. The van der Waals surface area contributed by atoms with Crippen LogP contribution in [0, 0.1) is 6.92 Å². The smallest absolute Gasteiger partial charge is 0.345 e. The Morgan fingerprint density at radius 3 is 2.38 bits per heavy atom. The minimum Gasteiger partial charge on any atom is -0.422 e. The zero-order chi connectivity index (χ0) is 23.0. The molecule has 0 aliphatic rings. The Morgan fingerprint density at radius 2 is 1.72 bits per heavy atom. The van der Waals surface area contributed by atoms with E-state index in [1.807, 2.05) is 19.1 Å². The van der Waals surface area contributed by atoms with E-state index < -0.39 is 15.6 Å². The Bertz CT molecular complexity index is 1480. The van der Waals surface area contributed by atoms with Gasteiger partial charge < -0.3 is 9.73 Å². The molecule has 32 heavy (non-hydrogen) atoms. The highest BCUT2D eigenvalue weighted by Crippen LogP contribution is 2.31. The zero-order valence-electron chi connectivity index (χ0n) is 17.8. The first-order valence-electron chi connectivity index (χ1n) is 10.1. The molecule has 166 valence electrons. The highest BCUT2D eigenvalue weighted by atomic mass is 32.2. The maximum atomic E-state index is 12.8. The van der Waals surface area contributed by atoms with Crippen LogP contribution in [0.5, 0.6) is 0 Å². The predicted octanol–water partition coefficient (Wildman–Crippen LogP) is 4.60. The molecule has 9 heteroatoms. The van der Waals surface area contributed by atoms with Crippen LogP contribution >= 0.6 is 11.3 Å². The van der Waals surface area contributed by atoms with Crippen molar-refractivity contribution in [2.75, 3.05) is 18.4 Å². The highest BCUT2D eigenvalue weighted by Gasteiger charge is 2.21. The standard InChI is InChI=1S/C23H22N2O5S2/c1-4-25(5-2)32(28,29)16-9-7-15(8-10-16)24-22(26)20-13-18-21(31-20)17-12-14(3)6-11-19(17)30-23(18)27/h6-13H,4-5H2,1-3H3,(H,24,26). The van der Waals surface area contributed by atoms with E-state index in [2.05, 4.69) is 5.32 Å². The van der Waals surface area contributed by atoms with Gasteiger partial charge in [-0.05, 0) is 49.4 Å². The third kappa shape index (κ3) is 3.94. The maximum Gasteiger partial charge on any atom is 0.345 e. The van der Waals surface area contributed by atoms with E-state index in [4.69, 9.17) is 4.42 Å². The summed E-state index contributed by atoms with van der Waals surface area (Å²) >= 11 is 1.22. The lowest BCUT2D eigenvalue weighted by Crippen LogP contribution is -2.30. The molecule has 0 radical (unpaired) electrons. The van der Waals surface area contributed by atoms with Gasteiger partial charge in [-0.3, -0.25) is 4.79 Å². The Kier molecular flexibility index (Phi) is 5.89. The fraction of sp³-hybridized carbons (Fsp3) is 0.217. The number of carbonyl (C=O) groups is 1. The number of anilines is 1. The van der Waals surface area contributed by atoms with Crippen molar-refractivity contribution in [3.8, 4) is 0 Å². The Labute approximate surface area is 189 Å². The molecule has 0 fully saturated rings. The van der Waals surface area contributed by atoms with Gasteiger partial charge in [-0.1, -0.05) is 25.5 Å². The Balaban J connectivity index is 1.63. The molecule has 0 aliphatic carbocycles. The molecule has 4 aromatic rings. The molecule has 0 saturated carbocycles. The molecule has 7 nitrogen and oxygen atoms in total. The first-order chi connectivity index (χ1) is 15.2. The van der Waals surface area contributed by atoms with Gasteiger partial charge in [0.05, 0.1) is 19.9 Å². The molecule has 1 N–H and O–H groups in total. The molecule has 1 amide bonds. The SMILES string of the molecule is CCN(CC)S(=O)(=O)c1ccc(NC(=O)c2cc3c(=O)oc4ccc(C)cc4c3s2)cc1. The van der Waals surface area contributed by atoms with Gasteiger partial charge in [0, 0.05) is 24.2 Å². The number of nitrogens with one attached hydrogen (secondary N) is 1. The average Bonchev–Trinajstić information content (AvgIpc) is 3.22. The van der Waals surface area contributed by atoms with Crippen molar-refractivity contribution in [3.63, 3.8) is 0 Å². The molecule has 2 heterocycles. The van der Waals surface area contributed by atoms with Gasteiger partial charge in [-0.2, -0.15) is 4.31 Å². The van der Waals surface area contributed by atoms with E-state index in [-0.39, 0.29) is 10.8 Å². The molecule has 0 saturated heterocycles. The summed E-state index contributed by atoms with van der Waals surface area (Å²) < 4.78 is 32.7. The van der Waals surface area contributed by atoms with Crippen LogP contribution in [0.2, 0.25) is 0 Å². The van der Waals surface area contributed by atoms with Crippen molar-refractivity contribution in [2.24, 2.45) is 0 Å². The number of benzene rings is 2. The second kappa shape index (κ2) is 8.50. The van der Waals surface area contributed by atoms with E-state index in [0.717, 1.165) is 10.9 Å². The number of sulfonamides is 1. The first-order valence-corrected chi connectivity index (χ1v) is 12.4.